The first-order valence-electron chi connectivity index (χ1n) is 13.2. The molecule has 8 aromatic rings. The van der Waals surface area contributed by atoms with Gasteiger partial charge in [-0.1, -0.05) is 103 Å². The molecule has 39 heavy (non-hydrogen) atoms. The fourth-order valence-electron chi connectivity index (χ4n) is 5.94. The summed E-state index contributed by atoms with van der Waals surface area (Å²) in [6.07, 6.45) is 0. The summed E-state index contributed by atoms with van der Waals surface area (Å²) in [6, 6.07) is 44.5. The third kappa shape index (κ3) is 3.27. The maximum atomic E-state index is 6.61. The number of pyridine rings is 1. The van der Waals surface area contributed by atoms with E-state index in [-0.39, 0.29) is 0 Å². The van der Waals surface area contributed by atoms with Crippen LogP contribution in [0.1, 0.15) is 5.56 Å². The van der Waals surface area contributed by atoms with Gasteiger partial charge in [0.1, 0.15) is 11.1 Å². The monoisotopic (exact) mass is 500 g/mol. The third-order valence-electron chi connectivity index (χ3n) is 7.77. The van der Waals surface area contributed by atoms with Crippen LogP contribution in [0, 0.1) is 6.92 Å². The molecule has 0 spiro atoms. The van der Waals surface area contributed by atoms with E-state index < -0.39 is 0 Å². The van der Waals surface area contributed by atoms with E-state index in [0.717, 1.165) is 66.7 Å². The van der Waals surface area contributed by atoms with E-state index in [0.29, 0.717) is 0 Å². The maximum absolute atomic E-state index is 6.61. The lowest BCUT2D eigenvalue weighted by molar-refractivity contribution is 0.673. The van der Waals surface area contributed by atoms with Gasteiger partial charge in [-0.25, -0.2) is 4.98 Å². The molecule has 0 fully saturated rings. The number of rotatable bonds is 3. The summed E-state index contributed by atoms with van der Waals surface area (Å²) in [4.78, 5) is 5.21. The largest absolute Gasteiger partial charge is 0.454 e. The second kappa shape index (κ2) is 8.44. The van der Waals surface area contributed by atoms with Crippen LogP contribution in [-0.4, -0.2) is 9.55 Å². The summed E-state index contributed by atoms with van der Waals surface area (Å²) in [5.74, 6) is 0. The van der Waals surface area contributed by atoms with Crippen LogP contribution < -0.4 is 0 Å². The van der Waals surface area contributed by atoms with Crippen LogP contribution in [0.3, 0.4) is 0 Å². The van der Waals surface area contributed by atoms with Gasteiger partial charge in [-0.05, 0) is 47.5 Å². The Balaban J connectivity index is 1.57. The second-order valence-corrected chi connectivity index (χ2v) is 10.0. The molecule has 3 nitrogen and oxygen atoms in total. The highest BCUT2D eigenvalue weighted by molar-refractivity contribution is 6.24. The van der Waals surface area contributed by atoms with Gasteiger partial charge < -0.3 is 8.98 Å². The Kier molecular flexibility index (Phi) is 4.74. The summed E-state index contributed by atoms with van der Waals surface area (Å²) in [6.45, 7) is 2.18. The normalized spacial score (nSPS) is 11.7. The molecule has 0 atom stereocenters. The van der Waals surface area contributed by atoms with Crippen molar-refractivity contribution in [3.8, 4) is 28.2 Å². The van der Waals surface area contributed by atoms with Crippen LogP contribution in [0.2, 0.25) is 0 Å². The molecule has 184 valence electrons. The van der Waals surface area contributed by atoms with Gasteiger partial charge in [0, 0.05) is 16.5 Å². The smallest absolute Gasteiger partial charge is 0.161 e. The number of benzene rings is 5. The Morgan fingerprint density at radius 3 is 2.10 bits per heavy atom. The fourth-order valence-corrected chi connectivity index (χ4v) is 5.94. The van der Waals surface area contributed by atoms with E-state index >= 15 is 0 Å². The van der Waals surface area contributed by atoms with Crippen LogP contribution in [-0.2, 0) is 0 Å². The minimum Gasteiger partial charge on any atom is -0.454 e. The molecule has 3 heteroatoms. The zero-order valence-electron chi connectivity index (χ0n) is 21.4. The van der Waals surface area contributed by atoms with E-state index in [1.165, 1.54) is 10.8 Å². The molecule has 0 aliphatic carbocycles. The first kappa shape index (κ1) is 21.9. The lowest BCUT2D eigenvalue weighted by Crippen LogP contribution is -2.02. The quantitative estimate of drug-likeness (QED) is 0.242. The van der Waals surface area contributed by atoms with Crippen LogP contribution in [0.15, 0.2) is 132 Å². The van der Waals surface area contributed by atoms with E-state index in [4.69, 9.17) is 9.40 Å². The molecule has 0 aliphatic rings. The summed E-state index contributed by atoms with van der Waals surface area (Å²) in [5.41, 5.74) is 10.4. The van der Waals surface area contributed by atoms with Crippen LogP contribution >= 0.6 is 0 Å². The molecule has 3 aromatic heterocycles. The van der Waals surface area contributed by atoms with Crippen molar-refractivity contribution in [3.05, 3.63) is 133 Å². The van der Waals surface area contributed by atoms with Crippen molar-refractivity contribution >= 4 is 43.7 Å². The molecule has 0 aliphatic heterocycles. The predicted octanol–water partition coefficient (Wildman–Crippen LogP) is 9.72. The van der Waals surface area contributed by atoms with E-state index in [2.05, 4.69) is 127 Å². The molecule has 5 aromatic carbocycles. The molecule has 8 rings (SSSR count). The number of hydrogen-bond donors (Lipinski definition) is 0. The number of para-hydroxylation sites is 1. The Labute approximate surface area is 225 Å². The van der Waals surface area contributed by atoms with Gasteiger partial charge in [-0.2, -0.15) is 0 Å². The SMILES string of the molecule is Cc1c(-n2c3ccccc3c3oc4ccc5ccccc5c4c32)cc(-c2ccccc2)nc1-c1ccccc1. The molecule has 0 saturated heterocycles. The highest BCUT2D eigenvalue weighted by Crippen LogP contribution is 2.43. The van der Waals surface area contributed by atoms with Crippen LogP contribution in [0.25, 0.3) is 71.9 Å². The van der Waals surface area contributed by atoms with Crippen LogP contribution in [0.4, 0.5) is 0 Å². The van der Waals surface area contributed by atoms with Crippen molar-refractivity contribution in [3.63, 3.8) is 0 Å². The molecule has 0 amide bonds. The van der Waals surface area contributed by atoms with Gasteiger partial charge in [-0.15, -0.1) is 0 Å². The average molecular weight is 501 g/mol. The van der Waals surface area contributed by atoms with Gasteiger partial charge in [0.2, 0.25) is 0 Å². The first-order valence-corrected chi connectivity index (χ1v) is 13.2. The third-order valence-corrected chi connectivity index (χ3v) is 7.77. The van der Waals surface area contributed by atoms with Crippen LogP contribution in [0.5, 0.6) is 0 Å². The number of nitrogens with zero attached hydrogens (tertiary/aromatic N) is 2. The molecule has 0 N–H and O–H groups in total. The Hall–Kier alpha value is -5.15. The zero-order chi connectivity index (χ0) is 25.9. The number of aromatic nitrogens is 2. The maximum Gasteiger partial charge on any atom is 0.161 e. The summed E-state index contributed by atoms with van der Waals surface area (Å²) in [7, 11) is 0. The minimum absolute atomic E-state index is 0.900. The van der Waals surface area contributed by atoms with Gasteiger partial charge in [0.25, 0.3) is 0 Å². The summed E-state index contributed by atoms with van der Waals surface area (Å²) in [5, 5.41) is 4.63. The van der Waals surface area contributed by atoms with Gasteiger partial charge >= 0.3 is 0 Å². The second-order valence-electron chi connectivity index (χ2n) is 10.0. The summed E-state index contributed by atoms with van der Waals surface area (Å²) < 4.78 is 9.00. The highest BCUT2D eigenvalue weighted by Gasteiger charge is 2.23. The highest BCUT2D eigenvalue weighted by atomic mass is 16.3. The number of fused-ring (bicyclic) bond motifs is 7. The van der Waals surface area contributed by atoms with Crippen molar-refractivity contribution in [1.29, 1.82) is 0 Å². The van der Waals surface area contributed by atoms with Crippen molar-refractivity contribution in [1.82, 2.24) is 9.55 Å². The topological polar surface area (TPSA) is 31.0 Å². The lowest BCUT2D eigenvalue weighted by atomic mass is 10.0. The number of hydrogen-bond acceptors (Lipinski definition) is 2. The molecule has 0 saturated carbocycles. The standard InChI is InChI=1S/C36H24N2O/c1-23-31(22-29(25-13-4-2-5-14-25)37-34(23)26-15-6-3-7-16-26)38-30-19-11-10-18-28(30)36-35(38)33-27-17-9-8-12-24(27)20-21-32(33)39-36/h2-22H,1H3. The fraction of sp³-hybridized carbons (Fsp3) is 0.0278. The van der Waals surface area contributed by atoms with Gasteiger partial charge in [-0.3, -0.25) is 0 Å². The summed E-state index contributed by atoms with van der Waals surface area (Å²) >= 11 is 0. The van der Waals surface area contributed by atoms with Crippen molar-refractivity contribution in [2.45, 2.75) is 6.92 Å². The number of furan rings is 1. The lowest BCUT2D eigenvalue weighted by Gasteiger charge is -2.17. The molecular formula is C36H24N2O. The first-order chi connectivity index (χ1) is 19.3. The molecular weight excluding hydrogens is 476 g/mol. The van der Waals surface area contributed by atoms with E-state index in [9.17, 15) is 0 Å². The molecule has 0 unspecified atom stereocenters. The van der Waals surface area contributed by atoms with Crippen molar-refractivity contribution in [2.75, 3.05) is 0 Å². The Morgan fingerprint density at radius 1 is 0.641 bits per heavy atom. The average Bonchev–Trinajstić information content (AvgIpc) is 3.53. The molecule has 0 bridgehead atoms. The Bertz CT molecular complexity index is 2170. The van der Waals surface area contributed by atoms with E-state index in [1.54, 1.807) is 0 Å². The zero-order valence-corrected chi connectivity index (χ0v) is 21.4. The van der Waals surface area contributed by atoms with Crippen molar-refractivity contribution in [2.24, 2.45) is 0 Å². The molecule has 0 radical (unpaired) electrons. The van der Waals surface area contributed by atoms with E-state index in [1.807, 2.05) is 12.1 Å². The Morgan fingerprint density at radius 2 is 1.31 bits per heavy atom. The van der Waals surface area contributed by atoms with Gasteiger partial charge in [0.15, 0.2) is 5.58 Å². The van der Waals surface area contributed by atoms with Crippen molar-refractivity contribution < 1.29 is 4.42 Å². The predicted molar refractivity (Wildman–Crippen MR) is 161 cm³/mol. The molecule has 3 heterocycles. The minimum atomic E-state index is 0.900. The van der Waals surface area contributed by atoms with Gasteiger partial charge in [0.05, 0.1) is 28.0 Å².